The van der Waals surface area contributed by atoms with Crippen LogP contribution in [0.5, 0.6) is 5.75 Å². The van der Waals surface area contributed by atoms with Gasteiger partial charge in [0.05, 0.1) is 7.11 Å². The lowest BCUT2D eigenvalue weighted by Crippen LogP contribution is -2.22. The molecule has 1 N–H and O–H groups in total. The Balaban J connectivity index is 1.79. The fraction of sp³-hybridized carbons (Fsp3) is 0.0952. The maximum atomic E-state index is 13.0. The van der Waals surface area contributed by atoms with E-state index in [2.05, 4.69) is 10.3 Å². The monoisotopic (exact) mass is 412 g/mol. The minimum absolute atomic E-state index is 0.187. The van der Waals surface area contributed by atoms with Gasteiger partial charge in [-0.1, -0.05) is 35.3 Å². The van der Waals surface area contributed by atoms with Gasteiger partial charge < -0.3 is 10.1 Å². The standard InChI is InChI=1S/C21H14Cl2N2O3/c1-28-18-4-2-3-13-15(18)10-14-16(20(13)26)7-12(23)8-17(14)21(27)25-19-9-11(22)5-6-24-19/h2-9H,10H2,1H3,(H,24,25,27). The molecule has 28 heavy (non-hydrogen) atoms. The Kier molecular flexibility index (Phi) is 4.79. The van der Waals surface area contributed by atoms with Crippen molar-refractivity contribution in [2.24, 2.45) is 0 Å². The highest BCUT2D eigenvalue weighted by Crippen LogP contribution is 2.36. The number of rotatable bonds is 3. The first kappa shape index (κ1) is 18.5. The molecule has 0 unspecified atom stereocenters. The molecule has 4 rings (SSSR count). The van der Waals surface area contributed by atoms with Crippen molar-refractivity contribution < 1.29 is 14.3 Å². The van der Waals surface area contributed by atoms with Crippen molar-refractivity contribution in [1.29, 1.82) is 0 Å². The van der Waals surface area contributed by atoms with Crippen LogP contribution in [-0.2, 0) is 6.42 Å². The Morgan fingerprint density at radius 1 is 1.07 bits per heavy atom. The van der Waals surface area contributed by atoms with Gasteiger partial charge in [-0.15, -0.1) is 0 Å². The van der Waals surface area contributed by atoms with E-state index in [-0.39, 0.29) is 5.78 Å². The zero-order chi connectivity index (χ0) is 19.8. The van der Waals surface area contributed by atoms with E-state index in [1.165, 1.54) is 6.20 Å². The predicted molar refractivity (Wildman–Crippen MR) is 108 cm³/mol. The molecule has 1 aromatic heterocycles. The maximum absolute atomic E-state index is 13.0. The second kappa shape index (κ2) is 7.26. The fourth-order valence-corrected chi connectivity index (χ4v) is 3.74. The zero-order valence-electron chi connectivity index (χ0n) is 14.8. The van der Waals surface area contributed by atoms with Crippen molar-refractivity contribution in [2.45, 2.75) is 6.42 Å². The summed E-state index contributed by atoms with van der Waals surface area (Å²) in [5.74, 6) is 0.313. The third-order valence-corrected chi connectivity index (χ3v) is 5.07. The molecule has 0 radical (unpaired) electrons. The summed E-state index contributed by atoms with van der Waals surface area (Å²) < 4.78 is 5.41. The molecule has 1 amide bonds. The number of ketones is 1. The van der Waals surface area contributed by atoms with Gasteiger partial charge in [-0.05, 0) is 35.9 Å². The summed E-state index contributed by atoms with van der Waals surface area (Å²) in [6.07, 6.45) is 1.87. The van der Waals surface area contributed by atoms with Crippen LogP contribution in [0, 0.1) is 0 Å². The summed E-state index contributed by atoms with van der Waals surface area (Å²) in [6.45, 7) is 0. The van der Waals surface area contributed by atoms with E-state index in [4.69, 9.17) is 27.9 Å². The molecule has 3 aromatic rings. The van der Waals surface area contributed by atoms with Crippen LogP contribution in [0.4, 0.5) is 5.82 Å². The van der Waals surface area contributed by atoms with Gasteiger partial charge in [0.2, 0.25) is 0 Å². The van der Waals surface area contributed by atoms with Crippen molar-refractivity contribution in [3.8, 4) is 5.75 Å². The topological polar surface area (TPSA) is 68.3 Å². The fourth-order valence-electron chi connectivity index (χ4n) is 3.36. The van der Waals surface area contributed by atoms with E-state index in [9.17, 15) is 9.59 Å². The molecule has 140 valence electrons. The quantitative estimate of drug-likeness (QED) is 0.525. The molecular weight excluding hydrogens is 399 g/mol. The van der Waals surface area contributed by atoms with Crippen LogP contribution in [0.1, 0.15) is 37.4 Å². The number of hydrogen-bond donors (Lipinski definition) is 1. The molecule has 5 nitrogen and oxygen atoms in total. The minimum Gasteiger partial charge on any atom is -0.496 e. The lowest BCUT2D eigenvalue weighted by Gasteiger charge is -2.23. The molecule has 0 saturated carbocycles. The van der Waals surface area contributed by atoms with Gasteiger partial charge in [0.25, 0.3) is 5.91 Å². The van der Waals surface area contributed by atoms with Crippen molar-refractivity contribution in [2.75, 3.05) is 12.4 Å². The first-order valence-electron chi connectivity index (χ1n) is 8.44. The maximum Gasteiger partial charge on any atom is 0.257 e. The Bertz CT molecular complexity index is 1130. The highest BCUT2D eigenvalue weighted by atomic mass is 35.5. The van der Waals surface area contributed by atoms with Crippen molar-refractivity contribution >= 4 is 40.7 Å². The number of nitrogens with zero attached hydrogens (tertiary/aromatic N) is 1. The molecule has 0 spiro atoms. The Labute approximate surface area is 171 Å². The molecule has 7 heteroatoms. The number of amides is 1. The second-order valence-electron chi connectivity index (χ2n) is 6.29. The average Bonchev–Trinajstić information content (AvgIpc) is 2.68. The van der Waals surface area contributed by atoms with Gasteiger partial charge in [-0.3, -0.25) is 9.59 Å². The summed E-state index contributed by atoms with van der Waals surface area (Å²) >= 11 is 12.2. The molecule has 0 atom stereocenters. The molecule has 0 saturated heterocycles. The second-order valence-corrected chi connectivity index (χ2v) is 7.16. The van der Waals surface area contributed by atoms with Crippen molar-refractivity contribution in [3.05, 3.63) is 86.5 Å². The third-order valence-electron chi connectivity index (χ3n) is 4.62. The molecule has 0 aliphatic heterocycles. The van der Waals surface area contributed by atoms with Crippen LogP contribution < -0.4 is 10.1 Å². The third kappa shape index (κ3) is 3.23. The molecule has 0 bridgehead atoms. The van der Waals surface area contributed by atoms with E-state index in [1.807, 2.05) is 0 Å². The number of fused-ring (bicyclic) bond motifs is 2. The summed E-state index contributed by atoms with van der Waals surface area (Å²) in [4.78, 5) is 30.0. The number of pyridine rings is 1. The number of carbonyl (C=O) groups is 2. The van der Waals surface area contributed by atoms with E-state index >= 15 is 0 Å². The molecule has 1 aliphatic rings. The number of anilines is 1. The van der Waals surface area contributed by atoms with Gasteiger partial charge in [0.1, 0.15) is 11.6 Å². The molecule has 1 aliphatic carbocycles. The van der Waals surface area contributed by atoms with Crippen molar-refractivity contribution in [1.82, 2.24) is 4.98 Å². The summed E-state index contributed by atoms with van der Waals surface area (Å²) in [5.41, 5.74) is 2.63. The highest BCUT2D eigenvalue weighted by Gasteiger charge is 2.29. The lowest BCUT2D eigenvalue weighted by atomic mass is 9.82. The van der Waals surface area contributed by atoms with Gasteiger partial charge in [-0.25, -0.2) is 4.98 Å². The van der Waals surface area contributed by atoms with Crippen LogP contribution in [0.25, 0.3) is 0 Å². The van der Waals surface area contributed by atoms with E-state index in [0.717, 1.165) is 5.56 Å². The highest BCUT2D eigenvalue weighted by molar-refractivity contribution is 6.32. The van der Waals surface area contributed by atoms with E-state index in [1.54, 1.807) is 49.6 Å². The van der Waals surface area contributed by atoms with Crippen molar-refractivity contribution in [3.63, 3.8) is 0 Å². The number of benzene rings is 2. The Morgan fingerprint density at radius 3 is 2.64 bits per heavy atom. The summed E-state index contributed by atoms with van der Waals surface area (Å²) in [7, 11) is 1.55. The van der Waals surface area contributed by atoms with Gasteiger partial charge >= 0.3 is 0 Å². The van der Waals surface area contributed by atoms with Gasteiger partial charge in [0, 0.05) is 44.9 Å². The van der Waals surface area contributed by atoms with Gasteiger partial charge in [-0.2, -0.15) is 0 Å². The average molecular weight is 413 g/mol. The summed E-state index contributed by atoms with van der Waals surface area (Å²) in [5, 5.41) is 3.47. The van der Waals surface area contributed by atoms with Crippen LogP contribution in [-0.4, -0.2) is 23.8 Å². The molecule has 0 fully saturated rings. The van der Waals surface area contributed by atoms with Crippen LogP contribution in [0.15, 0.2) is 48.7 Å². The van der Waals surface area contributed by atoms with Crippen LogP contribution in [0.2, 0.25) is 10.0 Å². The lowest BCUT2D eigenvalue weighted by molar-refractivity contribution is 0.102. The number of ether oxygens (including phenoxy) is 1. The smallest absolute Gasteiger partial charge is 0.257 e. The normalized spacial score (nSPS) is 12.2. The number of methoxy groups -OCH3 is 1. The summed E-state index contributed by atoms with van der Waals surface area (Å²) in [6, 6.07) is 11.6. The molecule has 2 aromatic carbocycles. The first-order chi connectivity index (χ1) is 13.5. The SMILES string of the molecule is COc1cccc2c1Cc1c(C(=O)Nc3cc(Cl)ccn3)cc(Cl)cc1C2=O. The first-order valence-corrected chi connectivity index (χ1v) is 9.19. The Hall–Kier alpha value is -2.89. The zero-order valence-corrected chi connectivity index (χ0v) is 16.3. The number of nitrogens with one attached hydrogen (secondary N) is 1. The molecule has 1 heterocycles. The van der Waals surface area contributed by atoms with Crippen LogP contribution in [0.3, 0.4) is 0 Å². The van der Waals surface area contributed by atoms with E-state index < -0.39 is 5.91 Å². The number of halogens is 2. The number of aromatic nitrogens is 1. The molecular formula is C21H14Cl2N2O3. The predicted octanol–water partition coefficient (Wildman–Crippen LogP) is 4.78. The number of carbonyl (C=O) groups excluding carboxylic acids is 2. The minimum atomic E-state index is -0.417. The van der Waals surface area contributed by atoms with E-state index in [0.29, 0.717) is 50.3 Å². The largest absolute Gasteiger partial charge is 0.496 e. The number of hydrogen-bond acceptors (Lipinski definition) is 4. The Morgan fingerprint density at radius 2 is 1.89 bits per heavy atom. The van der Waals surface area contributed by atoms with Crippen LogP contribution >= 0.6 is 23.2 Å². The van der Waals surface area contributed by atoms with Gasteiger partial charge in [0.15, 0.2) is 5.78 Å².